The molecule has 0 aromatic heterocycles. The zero-order chi connectivity index (χ0) is 22.7. The molecule has 8 nitrogen and oxygen atoms in total. The predicted octanol–water partition coefficient (Wildman–Crippen LogP) is 1.94. The van der Waals surface area contributed by atoms with Crippen molar-refractivity contribution in [3.05, 3.63) is 64.7 Å². The van der Waals surface area contributed by atoms with Gasteiger partial charge in [0.1, 0.15) is 6.54 Å². The van der Waals surface area contributed by atoms with Gasteiger partial charge in [0.25, 0.3) is 0 Å². The molecule has 0 spiro atoms. The highest BCUT2D eigenvalue weighted by Crippen LogP contribution is 2.39. The number of rotatable bonds is 4. The number of benzene rings is 2. The largest absolute Gasteiger partial charge is 0.395 e. The van der Waals surface area contributed by atoms with Gasteiger partial charge < -0.3 is 14.9 Å². The first kappa shape index (κ1) is 22.5. The number of urea groups is 1. The number of nitrogens with zero attached hydrogens (tertiary/aromatic N) is 4. The summed E-state index contributed by atoms with van der Waals surface area (Å²) in [5.41, 5.74) is 5.43. The van der Waals surface area contributed by atoms with E-state index >= 15 is 0 Å². The number of likely N-dealkylation sites (N-methyl/N-ethyl adjacent to an activating group) is 1. The van der Waals surface area contributed by atoms with Crippen molar-refractivity contribution in [2.24, 2.45) is 0 Å². The summed E-state index contributed by atoms with van der Waals surface area (Å²) in [4.78, 5) is 31.8. The van der Waals surface area contributed by atoms with Gasteiger partial charge >= 0.3 is 6.03 Å². The predicted molar refractivity (Wildman–Crippen MR) is 123 cm³/mol. The number of amides is 3. The molecule has 0 saturated carbocycles. The van der Waals surface area contributed by atoms with Gasteiger partial charge in [-0.05, 0) is 23.8 Å². The van der Waals surface area contributed by atoms with Crippen molar-refractivity contribution >= 4 is 29.2 Å². The first-order chi connectivity index (χ1) is 15.5. The van der Waals surface area contributed by atoms with Gasteiger partial charge in [0.15, 0.2) is 0 Å². The first-order valence-electron chi connectivity index (χ1n) is 10.7. The molecule has 32 heavy (non-hydrogen) atoms. The lowest BCUT2D eigenvalue weighted by Gasteiger charge is -2.37. The first-order valence-corrected chi connectivity index (χ1v) is 11.1. The lowest BCUT2D eigenvalue weighted by atomic mass is 9.96. The van der Waals surface area contributed by atoms with Crippen LogP contribution in [0.5, 0.6) is 0 Å². The average Bonchev–Trinajstić information content (AvgIpc) is 2.90. The lowest BCUT2D eigenvalue weighted by molar-refractivity contribution is -0.119. The van der Waals surface area contributed by atoms with Crippen molar-refractivity contribution in [1.29, 1.82) is 0 Å². The van der Waals surface area contributed by atoms with Gasteiger partial charge in [0, 0.05) is 56.0 Å². The van der Waals surface area contributed by atoms with Gasteiger partial charge in [-0.3, -0.25) is 15.1 Å². The van der Waals surface area contributed by atoms with E-state index in [0.29, 0.717) is 24.7 Å². The van der Waals surface area contributed by atoms with Crippen LogP contribution in [0.1, 0.15) is 17.2 Å². The third-order valence-corrected chi connectivity index (χ3v) is 6.29. The summed E-state index contributed by atoms with van der Waals surface area (Å²) in [6.45, 7) is 3.49. The van der Waals surface area contributed by atoms with E-state index in [-0.39, 0.29) is 25.1 Å². The number of fused-ring (bicyclic) bond motifs is 1. The van der Waals surface area contributed by atoms with E-state index in [4.69, 9.17) is 16.7 Å². The SMILES string of the molecule is CN1C(=O)CN(C(=O)NN2CCN(CCO)CC2)C(c2ccccc2)c2cc(Cl)ccc21. The van der Waals surface area contributed by atoms with Crippen LogP contribution in [0.25, 0.3) is 0 Å². The number of hydrogen-bond acceptors (Lipinski definition) is 5. The fraction of sp³-hybridized carbons (Fsp3) is 0.391. The molecule has 2 aliphatic heterocycles. The Kier molecular flexibility index (Phi) is 6.95. The van der Waals surface area contributed by atoms with E-state index in [0.717, 1.165) is 29.9 Å². The molecule has 0 bridgehead atoms. The van der Waals surface area contributed by atoms with E-state index in [1.54, 1.807) is 22.9 Å². The fourth-order valence-electron chi connectivity index (χ4n) is 4.30. The van der Waals surface area contributed by atoms with Crippen molar-refractivity contribution in [3.8, 4) is 0 Å². The van der Waals surface area contributed by atoms with Crippen LogP contribution in [0.4, 0.5) is 10.5 Å². The van der Waals surface area contributed by atoms with Crippen LogP contribution >= 0.6 is 11.6 Å². The van der Waals surface area contributed by atoms with Crippen LogP contribution in [0, 0.1) is 0 Å². The highest BCUT2D eigenvalue weighted by atomic mass is 35.5. The minimum atomic E-state index is -0.463. The molecule has 3 amide bonds. The summed E-state index contributed by atoms with van der Waals surface area (Å²) in [6, 6.07) is 14.3. The van der Waals surface area contributed by atoms with E-state index in [1.807, 2.05) is 47.5 Å². The maximum absolute atomic E-state index is 13.5. The van der Waals surface area contributed by atoms with Gasteiger partial charge in [-0.15, -0.1) is 0 Å². The summed E-state index contributed by atoms with van der Waals surface area (Å²) in [5, 5.41) is 11.6. The third kappa shape index (κ3) is 4.73. The molecule has 1 saturated heterocycles. The van der Waals surface area contributed by atoms with E-state index in [2.05, 4.69) is 10.3 Å². The second-order valence-electron chi connectivity index (χ2n) is 8.07. The van der Waals surface area contributed by atoms with Gasteiger partial charge in [-0.1, -0.05) is 41.9 Å². The van der Waals surface area contributed by atoms with Crippen LogP contribution in [-0.4, -0.2) is 84.8 Å². The summed E-state index contributed by atoms with van der Waals surface area (Å²) >= 11 is 6.34. The number of piperazine rings is 1. The van der Waals surface area contributed by atoms with Gasteiger partial charge in [-0.25, -0.2) is 9.80 Å². The Labute approximate surface area is 192 Å². The normalized spacial score (nSPS) is 20.1. The summed E-state index contributed by atoms with van der Waals surface area (Å²) in [6.07, 6.45) is 0. The molecule has 2 aromatic carbocycles. The number of nitrogens with one attached hydrogen (secondary N) is 1. The van der Waals surface area contributed by atoms with Crippen molar-refractivity contribution in [3.63, 3.8) is 0 Å². The quantitative estimate of drug-likeness (QED) is 0.733. The average molecular weight is 458 g/mol. The molecule has 2 N–H and O–H groups in total. The molecule has 1 atom stereocenters. The molecule has 2 aromatic rings. The van der Waals surface area contributed by atoms with Crippen molar-refractivity contribution < 1.29 is 14.7 Å². The second-order valence-corrected chi connectivity index (χ2v) is 8.50. The molecule has 2 aliphatic rings. The lowest BCUT2D eigenvalue weighted by Crippen LogP contribution is -2.57. The number of anilines is 1. The zero-order valence-corrected chi connectivity index (χ0v) is 18.8. The molecule has 0 aliphatic carbocycles. The highest BCUT2D eigenvalue weighted by Gasteiger charge is 2.36. The fourth-order valence-corrected chi connectivity index (χ4v) is 4.48. The number of hydrogen-bond donors (Lipinski definition) is 2. The van der Waals surface area contributed by atoms with Crippen LogP contribution in [0.3, 0.4) is 0 Å². The molecule has 0 radical (unpaired) electrons. The topological polar surface area (TPSA) is 79.4 Å². The van der Waals surface area contributed by atoms with Crippen molar-refractivity contribution in [2.45, 2.75) is 6.04 Å². The number of aliphatic hydroxyl groups excluding tert-OH is 1. The Morgan fingerprint density at radius 3 is 2.53 bits per heavy atom. The van der Waals surface area contributed by atoms with Crippen molar-refractivity contribution in [1.82, 2.24) is 20.2 Å². The summed E-state index contributed by atoms with van der Waals surface area (Å²) in [7, 11) is 1.72. The van der Waals surface area contributed by atoms with Gasteiger partial charge in [0.2, 0.25) is 5.91 Å². The van der Waals surface area contributed by atoms with Crippen molar-refractivity contribution in [2.75, 3.05) is 57.8 Å². The summed E-state index contributed by atoms with van der Waals surface area (Å²) < 4.78 is 0. The Hall–Kier alpha value is -2.65. The Morgan fingerprint density at radius 2 is 1.84 bits per heavy atom. The Morgan fingerprint density at radius 1 is 1.12 bits per heavy atom. The minimum absolute atomic E-state index is 0.0569. The maximum atomic E-state index is 13.5. The number of halogens is 1. The van der Waals surface area contributed by atoms with Crippen LogP contribution in [0.2, 0.25) is 5.02 Å². The smallest absolute Gasteiger partial charge is 0.333 e. The number of carbonyl (C=O) groups excluding carboxylic acids is 2. The third-order valence-electron chi connectivity index (χ3n) is 6.06. The van der Waals surface area contributed by atoms with Gasteiger partial charge in [0.05, 0.1) is 12.6 Å². The zero-order valence-electron chi connectivity index (χ0n) is 18.1. The van der Waals surface area contributed by atoms with Crippen LogP contribution in [-0.2, 0) is 4.79 Å². The Balaban J connectivity index is 1.65. The molecular formula is C23H28ClN5O3. The van der Waals surface area contributed by atoms with Gasteiger partial charge in [-0.2, -0.15) is 0 Å². The minimum Gasteiger partial charge on any atom is -0.395 e. The van der Waals surface area contributed by atoms with E-state index in [9.17, 15) is 9.59 Å². The number of carbonyl (C=O) groups is 2. The summed E-state index contributed by atoms with van der Waals surface area (Å²) in [5.74, 6) is -0.171. The molecular weight excluding hydrogens is 430 g/mol. The molecule has 1 unspecified atom stereocenters. The van der Waals surface area contributed by atoms with Crippen LogP contribution < -0.4 is 10.3 Å². The number of hydrazine groups is 1. The Bertz CT molecular complexity index is 965. The van der Waals surface area contributed by atoms with E-state index < -0.39 is 6.04 Å². The molecule has 1 fully saturated rings. The molecule has 2 heterocycles. The molecule has 9 heteroatoms. The molecule has 4 rings (SSSR count). The standard InChI is InChI=1S/C23H28ClN5O3/c1-26-20-8-7-18(24)15-19(20)22(17-5-3-2-4-6-17)29(16-21(26)31)23(32)25-28-11-9-27(10-12-28)13-14-30/h2-8,15,22,30H,9-14,16H2,1H3,(H,25,32). The highest BCUT2D eigenvalue weighted by molar-refractivity contribution is 6.30. The molecule has 170 valence electrons. The monoisotopic (exact) mass is 457 g/mol. The van der Waals surface area contributed by atoms with Crippen LogP contribution in [0.15, 0.2) is 48.5 Å². The maximum Gasteiger partial charge on any atom is 0.333 e. The number of aliphatic hydroxyl groups is 1. The second kappa shape index (κ2) is 9.87. The van der Waals surface area contributed by atoms with E-state index in [1.165, 1.54) is 0 Å². The number of β-amino-alcohol motifs (C(OH)–C–C–N with tert-alkyl or cyclic N) is 1.